The molecule has 0 saturated carbocycles. The zero-order chi connectivity index (χ0) is 14.3. The highest BCUT2D eigenvalue weighted by molar-refractivity contribution is 5.99. The minimum atomic E-state index is -0.266. The summed E-state index contributed by atoms with van der Waals surface area (Å²) >= 11 is 0. The van der Waals surface area contributed by atoms with E-state index in [9.17, 15) is 4.39 Å². The van der Waals surface area contributed by atoms with Gasteiger partial charge in [0.2, 0.25) is 0 Å². The average Bonchev–Trinajstić information content (AvgIpc) is 2.88. The van der Waals surface area contributed by atoms with Crippen molar-refractivity contribution in [1.29, 1.82) is 0 Å². The molecule has 106 valence electrons. The van der Waals surface area contributed by atoms with Crippen molar-refractivity contribution in [3.8, 4) is 0 Å². The molecule has 1 saturated heterocycles. The number of fused-ring (bicyclic) bond motifs is 1. The van der Waals surface area contributed by atoms with Gasteiger partial charge < -0.3 is 10.6 Å². The molecule has 0 spiro atoms. The summed E-state index contributed by atoms with van der Waals surface area (Å²) in [6, 6.07) is 5.15. The van der Waals surface area contributed by atoms with Crippen molar-refractivity contribution in [1.82, 2.24) is 4.98 Å². The van der Waals surface area contributed by atoms with E-state index in [2.05, 4.69) is 23.7 Å². The standard InChI is InChI=1S/C16H20FN3/c1-10(2)11-5-7-20(9-11)16-13(17)8-14(18)12-4-3-6-19-15(12)16/h3-4,6,8,10-11H,5,7,9,18H2,1-2H3. The first-order chi connectivity index (χ1) is 9.58. The van der Waals surface area contributed by atoms with Gasteiger partial charge in [-0.1, -0.05) is 13.8 Å². The summed E-state index contributed by atoms with van der Waals surface area (Å²) in [7, 11) is 0. The fourth-order valence-corrected chi connectivity index (χ4v) is 3.06. The van der Waals surface area contributed by atoms with Gasteiger partial charge in [0.05, 0.1) is 11.2 Å². The highest BCUT2D eigenvalue weighted by Crippen LogP contribution is 2.36. The fraction of sp³-hybridized carbons (Fsp3) is 0.438. The number of anilines is 2. The van der Waals surface area contributed by atoms with Gasteiger partial charge in [0.15, 0.2) is 5.82 Å². The Hall–Kier alpha value is -1.84. The first kappa shape index (κ1) is 13.2. The van der Waals surface area contributed by atoms with Crippen LogP contribution >= 0.6 is 0 Å². The summed E-state index contributed by atoms with van der Waals surface area (Å²) in [5.74, 6) is 0.972. The van der Waals surface area contributed by atoms with Gasteiger partial charge >= 0.3 is 0 Å². The fourth-order valence-electron chi connectivity index (χ4n) is 3.06. The monoisotopic (exact) mass is 273 g/mol. The molecule has 3 rings (SSSR count). The molecular weight excluding hydrogens is 253 g/mol. The lowest BCUT2D eigenvalue weighted by Gasteiger charge is -2.22. The molecule has 1 aliphatic heterocycles. The van der Waals surface area contributed by atoms with E-state index >= 15 is 0 Å². The third-order valence-electron chi connectivity index (χ3n) is 4.34. The van der Waals surface area contributed by atoms with Gasteiger partial charge in [0.25, 0.3) is 0 Å². The lowest BCUT2D eigenvalue weighted by Crippen LogP contribution is -2.23. The second-order valence-electron chi connectivity index (χ2n) is 5.93. The van der Waals surface area contributed by atoms with E-state index in [1.165, 1.54) is 6.07 Å². The summed E-state index contributed by atoms with van der Waals surface area (Å²) < 4.78 is 14.4. The molecule has 0 amide bonds. The molecule has 2 heterocycles. The third kappa shape index (κ3) is 2.09. The first-order valence-electron chi connectivity index (χ1n) is 7.15. The van der Waals surface area contributed by atoms with Crippen LogP contribution in [0.5, 0.6) is 0 Å². The number of rotatable bonds is 2. The van der Waals surface area contributed by atoms with Crippen molar-refractivity contribution in [2.24, 2.45) is 11.8 Å². The van der Waals surface area contributed by atoms with Crippen molar-refractivity contribution >= 4 is 22.3 Å². The number of hydrogen-bond donors (Lipinski definition) is 1. The number of nitrogens with two attached hydrogens (primary N) is 1. The second-order valence-corrected chi connectivity index (χ2v) is 5.93. The highest BCUT2D eigenvalue weighted by Gasteiger charge is 2.28. The van der Waals surface area contributed by atoms with Crippen LogP contribution in [-0.2, 0) is 0 Å². The third-order valence-corrected chi connectivity index (χ3v) is 4.34. The van der Waals surface area contributed by atoms with Crippen LogP contribution in [0.25, 0.3) is 10.9 Å². The molecule has 4 heteroatoms. The summed E-state index contributed by atoms with van der Waals surface area (Å²) in [6.07, 6.45) is 2.80. The predicted octanol–water partition coefficient (Wildman–Crippen LogP) is 3.44. The topological polar surface area (TPSA) is 42.1 Å². The number of aromatic nitrogens is 1. The molecule has 1 atom stereocenters. The molecule has 0 bridgehead atoms. The number of pyridine rings is 1. The van der Waals surface area contributed by atoms with Crippen LogP contribution < -0.4 is 10.6 Å². The van der Waals surface area contributed by atoms with E-state index in [-0.39, 0.29) is 5.82 Å². The smallest absolute Gasteiger partial charge is 0.150 e. The van der Waals surface area contributed by atoms with Crippen LogP contribution in [0.4, 0.5) is 15.8 Å². The Labute approximate surface area is 118 Å². The predicted molar refractivity (Wildman–Crippen MR) is 81.3 cm³/mol. The Bertz CT molecular complexity index is 639. The van der Waals surface area contributed by atoms with Crippen molar-refractivity contribution in [2.45, 2.75) is 20.3 Å². The summed E-state index contributed by atoms with van der Waals surface area (Å²) in [5, 5.41) is 0.830. The van der Waals surface area contributed by atoms with Gasteiger partial charge in [0, 0.05) is 30.4 Å². The van der Waals surface area contributed by atoms with Gasteiger partial charge in [-0.3, -0.25) is 4.98 Å². The maximum Gasteiger partial charge on any atom is 0.150 e. The molecule has 2 N–H and O–H groups in total. The van der Waals surface area contributed by atoms with E-state index in [1.54, 1.807) is 6.20 Å². The van der Waals surface area contributed by atoms with Crippen molar-refractivity contribution in [3.63, 3.8) is 0 Å². The molecule has 1 aromatic heterocycles. The molecule has 2 aromatic rings. The maximum absolute atomic E-state index is 14.4. The Balaban J connectivity index is 2.08. The van der Waals surface area contributed by atoms with E-state index < -0.39 is 0 Å². The number of hydrogen-bond acceptors (Lipinski definition) is 3. The number of nitrogens with zero attached hydrogens (tertiary/aromatic N) is 2. The Morgan fingerprint density at radius 1 is 1.45 bits per heavy atom. The Morgan fingerprint density at radius 2 is 2.25 bits per heavy atom. The summed E-state index contributed by atoms with van der Waals surface area (Å²) in [5.41, 5.74) is 7.64. The Kier molecular flexibility index (Phi) is 3.24. The van der Waals surface area contributed by atoms with E-state index in [0.717, 1.165) is 24.9 Å². The summed E-state index contributed by atoms with van der Waals surface area (Å²) in [6.45, 7) is 6.23. The molecule has 1 fully saturated rings. The quantitative estimate of drug-likeness (QED) is 0.852. The van der Waals surface area contributed by atoms with Gasteiger partial charge in [-0.05, 0) is 36.5 Å². The number of halogens is 1. The number of nitrogen functional groups attached to an aromatic ring is 1. The van der Waals surface area contributed by atoms with Gasteiger partial charge in [0.1, 0.15) is 0 Å². The van der Waals surface area contributed by atoms with E-state index in [0.29, 0.717) is 28.7 Å². The van der Waals surface area contributed by atoms with Crippen molar-refractivity contribution < 1.29 is 4.39 Å². The molecule has 0 radical (unpaired) electrons. The zero-order valence-electron chi connectivity index (χ0n) is 11.9. The average molecular weight is 273 g/mol. The molecule has 1 aliphatic rings. The van der Waals surface area contributed by atoms with Crippen LogP contribution in [0.3, 0.4) is 0 Å². The molecular formula is C16H20FN3. The molecule has 1 aromatic carbocycles. The van der Waals surface area contributed by atoms with Crippen LogP contribution in [0.2, 0.25) is 0 Å². The van der Waals surface area contributed by atoms with E-state index in [4.69, 9.17) is 5.73 Å². The van der Waals surface area contributed by atoms with E-state index in [1.807, 2.05) is 12.1 Å². The summed E-state index contributed by atoms with van der Waals surface area (Å²) in [4.78, 5) is 6.48. The van der Waals surface area contributed by atoms with Crippen molar-refractivity contribution in [2.75, 3.05) is 23.7 Å². The minimum Gasteiger partial charge on any atom is -0.398 e. The van der Waals surface area contributed by atoms with Gasteiger partial charge in [-0.15, -0.1) is 0 Å². The zero-order valence-corrected chi connectivity index (χ0v) is 11.9. The van der Waals surface area contributed by atoms with Crippen LogP contribution in [0.1, 0.15) is 20.3 Å². The second kappa shape index (κ2) is 4.93. The Morgan fingerprint density at radius 3 is 2.95 bits per heavy atom. The molecule has 0 aliphatic carbocycles. The molecule has 1 unspecified atom stereocenters. The SMILES string of the molecule is CC(C)C1CCN(c2c(F)cc(N)c3cccnc23)C1. The molecule has 20 heavy (non-hydrogen) atoms. The van der Waals surface area contributed by atoms with Crippen LogP contribution in [0.15, 0.2) is 24.4 Å². The molecule has 3 nitrogen and oxygen atoms in total. The number of benzene rings is 1. The van der Waals surface area contributed by atoms with Crippen molar-refractivity contribution in [3.05, 3.63) is 30.2 Å². The lowest BCUT2D eigenvalue weighted by atomic mass is 9.95. The normalized spacial score (nSPS) is 19.2. The maximum atomic E-state index is 14.4. The first-order valence-corrected chi connectivity index (χ1v) is 7.15. The minimum absolute atomic E-state index is 0.266. The largest absolute Gasteiger partial charge is 0.398 e. The van der Waals surface area contributed by atoms with Gasteiger partial charge in [-0.25, -0.2) is 4.39 Å². The van der Waals surface area contributed by atoms with Crippen LogP contribution in [0, 0.1) is 17.7 Å². The van der Waals surface area contributed by atoms with Gasteiger partial charge in [-0.2, -0.15) is 0 Å². The van der Waals surface area contributed by atoms with Crippen LogP contribution in [-0.4, -0.2) is 18.1 Å². The highest BCUT2D eigenvalue weighted by atomic mass is 19.1. The lowest BCUT2D eigenvalue weighted by molar-refractivity contribution is 0.422.